The third kappa shape index (κ3) is 2.77. The summed E-state index contributed by atoms with van der Waals surface area (Å²) in [6, 6.07) is 9.80. The van der Waals surface area contributed by atoms with Crippen LogP contribution in [-0.2, 0) is 13.0 Å². The quantitative estimate of drug-likeness (QED) is 0.892. The van der Waals surface area contributed by atoms with E-state index < -0.39 is 0 Å². The molecule has 2 rings (SSSR count). The first-order valence-electron chi connectivity index (χ1n) is 6.05. The zero-order chi connectivity index (χ0) is 13.0. The van der Waals surface area contributed by atoms with E-state index in [1.807, 2.05) is 12.1 Å². The van der Waals surface area contributed by atoms with Gasteiger partial charge in [-0.1, -0.05) is 31.2 Å². The Hall–Kier alpha value is -2.10. The van der Waals surface area contributed by atoms with Crippen LogP contribution in [0.2, 0.25) is 0 Å². The second-order valence-electron chi connectivity index (χ2n) is 4.16. The van der Waals surface area contributed by atoms with Crippen molar-refractivity contribution in [2.45, 2.75) is 19.9 Å². The van der Waals surface area contributed by atoms with Crippen molar-refractivity contribution < 1.29 is 0 Å². The lowest BCUT2D eigenvalue weighted by molar-refractivity contribution is 0.640. The van der Waals surface area contributed by atoms with E-state index >= 15 is 0 Å². The summed E-state index contributed by atoms with van der Waals surface area (Å²) in [5.74, 6) is 0. The molecule has 0 saturated carbocycles. The highest BCUT2D eigenvalue weighted by molar-refractivity contribution is 5.37. The smallest absolute Gasteiger partial charge is 0.269 e. The van der Waals surface area contributed by atoms with Gasteiger partial charge in [-0.2, -0.15) is 5.10 Å². The molecule has 4 heteroatoms. The Labute approximate surface area is 106 Å². The van der Waals surface area contributed by atoms with Crippen LogP contribution in [-0.4, -0.2) is 16.8 Å². The van der Waals surface area contributed by atoms with Gasteiger partial charge < -0.3 is 5.32 Å². The Balaban J connectivity index is 2.20. The predicted octanol–water partition coefficient (Wildman–Crippen LogP) is 1.90. The topological polar surface area (TPSA) is 46.9 Å². The number of hydrogen-bond acceptors (Lipinski definition) is 3. The predicted molar refractivity (Wildman–Crippen MR) is 73.0 cm³/mol. The van der Waals surface area contributed by atoms with E-state index in [9.17, 15) is 4.79 Å². The van der Waals surface area contributed by atoms with Gasteiger partial charge >= 0.3 is 0 Å². The lowest BCUT2D eigenvalue weighted by atomic mass is 10.1. The van der Waals surface area contributed by atoms with Crippen molar-refractivity contribution in [3.8, 4) is 0 Å². The molecule has 0 atom stereocenters. The number of aromatic nitrogens is 2. The SMILES string of the molecule is CCc1ccc(Cn2ncc(NC)cc2=O)cc1. The standard InChI is InChI=1S/C14H17N3O/c1-3-11-4-6-12(7-5-11)10-17-14(18)8-13(15-2)9-16-17/h4-9,15H,3,10H2,1-2H3. The van der Waals surface area contributed by atoms with E-state index in [4.69, 9.17) is 0 Å². The highest BCUT2D eigenvalue weighted by Gasteiger charge is 2.00. The molecule has 0 saturated heterocycles. The lowest BCUT2D eigenvalue weighted by Crippen LogP contribution is -2.22. The fourth-order valence-corrected chi connectivity index (χ4v) is 1.74. The highest BCUT2D eigenvalue weighted by atomic mass is 16.1. The third-order valence-corrected chi connectivity index (χ3v) is 2.92. The summed E-state index contributed by atoms with van der Waals surface area (Å²) in [5.41, 5.74) is 3.02. The Morgan fingerprint density at radius 1 is 1.22 bits per heavy atom. The molecule has 1 aromatic carbocycles. The van der Waals surface area contributed by atoms with Gasteiger partial charge in [0.15, 0.2) is 0 Å². The van der Waals surface area contributed by atoms with Crippen LogP contribution >= 0.6 is 0 Å². The number of hydrogen-bond donors (Lipinski definition) is 1. The van der Waals surface area contributed by atoms with Crippen molar-refractivity contribution in [2.24, 2.45) is 0 Å². The number of benzene rings is 1. The summed E-state index contributed by atoms with van der Waals surface area (Å²) in [6.07, 6.45) is 2.68. The van der Waals surface area contributed by atoms with Crippen molar-refractivity contribution in [1.29, 1.82) is 0 Å². The van der Waals surface area contributed by atoms with E-state index in [-0.39, 0.29) is 5.56 Å². The summed E-state index contributed by atoms with van der Waals surface area (Å²) in [6.45, 7) is 2.63. The van der Waals surface area contributed by atoms with Crippen LogP contribution in [0.5, 0.6) is 0 Å². The van der Waals surface area contributed by atoms with E-state index in [0.717, 1.165) is 17.7 Å². The molecule has 94 valence electrons. The number of aryl methyl sites for hydroxylation is 1. The maximum Gasteiger partial charge on any atom is 0.269 e. The number of anilines is 1. The van der Waals surface area contributed by atoms with Crippen molar-refractivity contribution in [2.75, 3.05) is 12.4 Å². The van der Waals surface area contributed by atoms with Crippen molar-refractivity contribution in [3.05, 3.63) is 58.0 Å². The largest absolute Gasteiger partial charge is 0.387 e. The second-order valence-corrected chi connectivity index (χ2v) is 4.16. The van der Waals surface area contributed by atoms with E-state index in [0.29, 0.717) is 6.54 Å². The average Bonchev–Trinajstić information content (AvgIpc) is 2.42. The van der Waals surface area contributed by atoms with Gasteiger partial charge in [0, 0.05) is 13.1 Å². The molecule has 0 unspecified atom stereocenters. The van der Waals surface area contributed by atoms with Gasteiger partial charge in [-0.15, -0.1) is 0 Å². The minimum atomic E-state index is -0.0959. The zero-order valence-electron chi connectivity index (χ0n) is 10.7. The molecule has 4 nitrogen and oxygen atoms in total. The number of rotatable bonds is 4. The molecule has 0 bridgehead atoms. The first kappa shape index (κ1) is 12.4. The van der Waals surface area contributed by atoms with Crippen molar-refractivity contribution in [3.63, 3.8) is 0 Å². The summed E-state index contributed by atoms with van der Waals surface area (Å²) >= 11 is 0. The minimum Gasteiger partial charge on any atom is -0.387 e. The monoisotopic (exact) mass is 243 g/mol. The van der Waals surface area contributed by atoms with E-state index in [2.05, 4.69) is 29.5 Å². The van der Waals surface area contributed by atoms with Gasteiger partial charge in [-0.05, 0) is 17.5 Å². The first-order valence-corrected chi connectivity index (χ1v) is 6.05. The molecule has 0 fully saturated rings. The van der Waals surface area contributed by atoms with Crippen LogP contribution in [0.3, 0.4) is 0 Å². The molecule has 1 aromatic heterocycles. The normalized spacial score (nSPS) is 10.3. The van der Waals surface area contributed by atoms with Crippen molar-refractivity contribution >= 4 is 5.69 Å². The molecular formula is C14H17N3O. The van der Waals surface area contributed by atoms with Gasteiger partial charge in [0.25, 0.3) is 5.56 Å². The summed E-state index contributed by atoms with van der Waals surface area (Å²) in [4.78, 5) is 11.8. The average molecular weight is 243 g/mol. The highest BCUT2D eigenvalue weighted by Crippen LogP contribution is 2.06. The molecule has 1 heterocycles. The van der Waals surface area contributed by atoms with Crippen LogP contribution in [0, 0.1) is 0 Å². The number of nitrogens with one attached hydrogen (secondary N) is 1. The minimum absolute atomic E-state index is 0.0959. The zero-order valence-corrected chi connectivity index (χ0v) is 10.7. The van der Waals surface area contributed by atoms with E-state index in [1.54, 1.807) is 19.3 Å². The molecule has 0 amide bonds. The van der Waals surface area contributed by atoms with E-state index in [1.165, 1.54) is 10.2 Å². The first-order chi connectivity index (χ1) is 8.72. The summed E-state index contributed by atoms with van der Waals surface area (Å²) in [7, 11) is 1.77. The van der Waals surface area contributed by atoms with Gasteiger partial charge in [-0.3, -0.25) is 4.79 Å². The third-order valence-electron chi connectivity index (χ3n) is 2.92. The van der Waals surface area contributed by atoms with Gasteiger partial charge in [0.1, 0.15) is 0 Å². The Kier molecular flexibility index (Phi) is 3.77. The van der Waals surface area contributed by atoms with Crippen LogP contribution in [0.1, 0.15) is 18.1 Å². The number of nitrogens with zero attached hydrogens (tertiary/aromatic N) is 2. The molecule has 18 heavy (non-hydrogen) atoms. The second kappa shape index (κ2) is 5.49. The lowest BCUT2D eigenvalue weighted by Gasteiger charge is -2.06. The molecule has 0 aliphatic rings. The van der Waals surface area contributed by atoms with Gasteiger partial charge in [0.2, 0.25) is 0 Å². The molecular weight excluding hydrogens is 226 g/mol. The van der Waals surface area contributed by atoms with Crippen LogP contribution in [0.25, 0.3) is 0 Å². The van der Waals surface area contributed by atoms with Crippen LogP contribution in [0.15, 0.2) is 41.3 Å². The van der Waals surface area contributed by atoms with Gasteiger partial charge in [0.05, 0.1) is 18.4 Å². The molecule has 2 aromatic rings. The summed E-state index contributed by atoms with van der Waals surface area (Å²) < 4.78 is 1.46. The Bertz CT molecular complexity index is 572. The fraction of sp³-hybridized carbons (Fsp3) is 0.286. The Morgan fingerprint density at radius 3 is 2.44 bits per heavy atom. The fourth-order valence-electron chi connectivity index (χ4n) is 1.74. The molecule has 1 N–H and O–H groups in total. The van der Waals surface area contributed by atoms with Crippen LogP contribution in [0.4, 0.5) is 5.69 Å². The summed E-state index contributed by atoms with van der Waals surface area (Å²) in [5, 5.41) is 7.03. The van der Waals surface area contributed by atoms with Gasteiger partial charge in [-0.25, -0.2) is 4.68 Å². The molecule has 0 aliphatic heterocycles. The maximum absolute atomic E-state index is 11.8. The molecule has 0 radical (unpaired) electrons. The Morgan fingerprint density at radius 2 is 1.89 bits per heavy atom. The van der Waals surface area contributed by atoms with Crippen LogP contribution < -0.4 is 10.9 Å². The maximum atomic E-state index is 11.8. The molecule has 0 spiro atoms. The molecule has 0 aliphatic carbocycles. The van der Waals surface area contributed by atoms with Crippen molar-refractivity contribution in [1.82, 2.24) is 9.78 Å².